The van der Waals surface area contributed by atoms with Crippen molar-refractivity contribution in [3.8, 4) is 17.2 Å². The van der Waals surface area contributed by atoms with Gasteiger partial charge in [-0.2, -0.15) is 0 Å². The van der Waals surface area contributed by atoms with Gasteiger partial charge in [0.1, 0.15) is 0 Å². The van der Waals surface area contributed by atoms with Crippen molar-refractivity contribution >= 4 is 0 Å². The van der Waals surface area contributed by atoms with Crippen molar-refractivity contribution in [2.24, 2.45) is 5.73 Å². The summed E-state index contributed by atoms with van der Waals surface area (Å²) in [5, 5.41) is 0. The van der Waals surface area contributed by atoms with E-state index in [2.05, 4.69) is 0 Å². The summed E-state index contributed by atoms with van der Waals surface area (Å²) in [5.41, 5.74) is 6.45. The fourth-order valence-corrected chi connectivity index (χ4v) is 1.81. The predicted octanol–water partition coefficient (Wildman–Crippen LogP) is 4.04. The molecule has 3 nitrogen and oxygen atoms in total. The van der Waals surface area contributed by atoms with Crippen molar-refractivity contribution in [2.45, 2.75) is 19.9 Å². The number of benzene rings is 2. The van der Waals surface area contributed by atoms with E-state index < -0.39 is 5.82 Å². The summed E-state index contributed by atoms with van der Waals surface area (Å²) < 4.78 is 25.0. The van der Waals surface area contributed by atoms with Gasteiger partial charge >= 0.3 is 0 Å². The third-order valence-corrected chi connectivity index (χ3v) is 2.85. The minimum atomic E-state index is -0.439. The van der Waals surface area contributed by atoms with Gasteiger partial charge in [0.15, 0.2) is 23.1 Å². The number of ether oxygens (including phenoxy) is 2. The van der Waals surface area contributed by atoms with Crippen molar-refractivity contribution in [1.29, 1.82) is 0 Å². The highest BCUT2D eigenvalue weighted by molar-refractivity contribution is 5.43. The van der Waals surface area contributed by atoms with Gasteiger partial charge in [0.2, 0.25) is 0 Å². The Kier molecular flexibility index (Phi) is 4.58. The summed E-state index contributed by atoms with van der Waals surface area (Å²) in [7, 11) is 0. The Labute approximate surface area is 118 Å². The molecule has 0 aliphatic rings. The largest absolute Gasteiger partial charge is 0.490 e. The van der Waals surface area contributed by atoms with Gasteiger partial charge in [-0.1, -0.05) is 18.2 Å². The lowest BCUT2D eigenvalue weighted by Gasteiger charge is -2.13. The Bertz CT molecular complexity index is 584. The molecule has 0 amide bonds. The molecular weight excluding hydrogens is 257 g/mol. The van der Waals surface area contributed by atoms with E-state index in [4.69, 9.17) is 15.2 Å². The van der Waals surface area contributed by atoms with Crippen LogP contribution in [-0.2, 0) is 0 Å². The van der Waals surface area contributed by atoms with Crippen molar-refractivity contribution in [3.05, 3.63) is 53.8 Å². The molecule has 0 heterocycles. The van der Waals surface area contributed by atoms with Crippen LogP contribution < -0.4 is 15.2 Å². The van der Waals surface area contributed by atoms with E-state index in [1.165, 1.54) is 6.07 Å². The highest BCUT2D eigenvalue weighted by Crippen LogP contribution is 2.33. The van der Waals surface area contributed by atoms with Crippen LogP contribution in [-0.4, -0.2) is 6.61 Å². The number of para-hydroxylation sites is 2. The fourth-order valence-electron chi connectivity index (χ4n) is 1.81. The minimum Gasteiger partial charge on any atom is -0.490 e. The van der Waals surface area contributed by atoms with Crippen LogP contribution in [0.5, 0.6) is 17.2 Å². The highest BCUT2D eigenvalue weighted by atomic mass is 19.1. The first-order chi connectivity index (χ1) is 9.61. The van der Waals surface area contributed by atoms with Crippen LogP contribution in [0.4, 0.5) is 4.39 Å². The molecule has 0 unspecified atom stereocenters. The lowest BCUT2D eigenvalue weighted by atomic mass is 10.1. The summed E-state index contributed by atoms with van der Waals surface area (Å²) in [6, 6.07) is 11.7. The van der Waals surface area contributed by atoms with Crippen molar-refractivity contribution in [3.63, 3.8) is 0 Å². The van der Waals surface area contributed by atoms with E-state index in [0.717, 1.165) is 5.56 Å². The zero-order valence-corrected chi connectivity index (χ0v) is 11.6. The first-order valence-electron chi connectivity index (χ1n) is 6.56. The van der Waals surface area contributed by atoms with Crippen LogP contribution in [0.15, 0.2) is 42.5 Å². The van der Waals surface area contributed by atoms with Crippen molar-refractivity contribution < 1.29 is 13.9 Å². The molecule has 0 saturated carbocycles. The first kappa shape index (κ1) is 14.3. The molecule has 106 valence electrons. The molecule has 4 heteroatoms. The van der Waals surface area contributed by atoms with Gasteiger partial charge in [0.25, 0.3) is 0 Å². The maximum absolute atomic E-state index is 14.0. The van der Waals surface area contributed by atoms with Gasteiger partial charge in [-0.25, -0.2) is 4.39 Å². The maximum atomic E-state index is 14.0. The molecule has 0 aromatic heterocycles. The number of hydrogen-bond donors (Lipinski definition) is 1. The summed E-state index contributed by atoms with van der Waals surface area (Å²) in [4.78, 5) is 0. The molecule has 20 heavy (non-hydrogen) atoms. The van der Waals surface area contributed by atoms with Gasteiger partial charge in [-0.05, 0) is 43.7 Å². The summed E-state index contributed by atoms with van der Waals surface area (Å²) in [6.07, 6.45) is 0. The summed E-state index contributed by atoms with van der Waals surface area (Å²) in [5.74, 6) is 0.792. The van der Waals surface area contributed by atoms with Gasteiger partial charge in [0.05, 0.1) is 6.61 Å². The second-order valence-electron chi connectivity index (χ2n) is 4.46. The molecule has 2 aromatic carbocycles. The zero-order chi connectivity index (χ0) is 14.5. The molecule has 2 N–H and O–H groups in total. The standard InChI is InChI=1S/C16H18FNO2/c1-3-19-15-6-4-5-7-16(15)20-14-9-8-12(11(2)18)10-13(14)17/h4-11H,3,18H2,1-2H3/t11-/m0/s1. The van der Waals surface area contributed by atoms with E-state index >= 15 is 0 Å². The molecule has 0 saturated heterocycles. The molecular formula is C16H18FNO2. The molecule has 2 aromatic rings. The van der Waals surface area contributed by atoms with Crippen LogP contribution in [0.3, 0.4) is 0 Å². The molecule has 0 spiro atoms. The van der Waals surface area contributed by atoms with Crippen molar-refractivity contribution in [1.82, 2.24) is 0 Å². The number of halogens is 1. The Morgan fingerprint density at radius 2 is 1.80 bits per heavy atom. The Morgan fingerprint density at radius 1 is 1.10 bits per heavy atom. The second kappa shape index (κ2) is 6.39. The lowest BCUT2D eigenvalue weighted by Crippen LogP contribution is -2.05. The third kappa shape index (κ3) is 3.27. The quantitative estimate of drug-likeness (QED) is 0.895. The van der Waals surface area contributed by atoms with Gasteiger partial charge in [0, 0.05) is 6.04 Å². The molecule has 0 fully saturated rings. The van der Waals surface area contributed by atoms with E-state index in [9.17, 15) is 4.39 Å². The normalized spacial score (nSPS) is 12.0. The Hall–Kier alpha value is -2.07. The molecule has 0 aliphatic heterocycles. The fraction of sp³-hybridized carbons (Fsp3) is 0.250. The van der Waals surface area contributed by atoms with E-state index in [1.54, 1.807) is 31.2 Å². The van der Waals surface area contributed by atoms with E-state index in [1.807, 2.05) is 19.1 Å². The SMILES string of the molecule is CCOc1ccccc1Oc1ccc([C@H](C)N)cc1F. The zero-order valence-electron chi connectivity index (χ0n) is 11.6. The monoisotopic (exact) mass is 275 g/mol. The molecule has 0 radical (unpaired) electrons. The number of nitrogens with two attached hydrogens (primary N) is 1. The van der Waals surface area contributed by atoms with Crippen LogP contribution >= 0.6 is 0 Å². The van der Waals surface area contributed by atoms with E-state index in [-0.39, 0.29) is 11.8 Å². The molecule has 0 bridgehead atoms. The number of hydrogen-bond acceptors (Lipinski definition) is 3. The Balaban J connectivity index is 2.26. The minimum absolute atomic E-state index is 0.154. The van der Waals surface area contributed by atoms with Crippen LogP contribution in [0.2, 0.25) is 0 Å². The highest BCUT2D eigenvalue weighted by Gasteiger charge is 2.11. The summed E-state index contributed by atoms with van der Waals surface area (Å²) in [6.45, 7) is 4.21. The predicted molar refractivity (Wildman–Crippen MR) is 76.7 cm³/mol. The van der Waals surface area contributed by atoms with Crippen LogP contribution in [0.1, 0.15) is 25.5 Å². The molecule has 1 atom stereocenters. The topological polar surface area (TPSA) is 44.5 Å². The van der Waals surface area contributed by atoms with Crippen molar-refractivity contribution in [2.75, 3.05) is 6.61 Å². The second-order valence-corrected chi connectivity index (χ2v) is 4.46. The molecule has 0 aliphatic carbocycles. The molecule has 2 rings (SSSR count). The summed E-state index contributed by atoms with van der Waals surface area (Å²) >= 11 is 0. The van der Waals surface area contributed by atoms with Crippen LogP contribution in [0, 0.1) is 5.82 Å². The third-order valence-electron chi connectivity index (χ3n) is 2.85. The van der Waals surface area contributed by atoms with Gasteiger partial charge in [-0.15, -0.1) is 0 Å². The van der Waals surface area contributed by atoms with E-state index in [0.29, 0.717) is 18.1 Å². The first-order valence-corrected chi connectivity index (χ1v) is 6.56. The maximum Gasteiger partial charge on any atom is 0.169 e. The average Bonchev–Trinajstić information content (AvgIpc) is 2.43. The van der Waals surface area contributed by atoms with Gasteiger partial charge < -0.3 is 15.2 Å². The average molecular weight is 275 g/mol. The smallest absolute Gasteiger partial charge is 0.169 e. The Morgan fingerprint density at radius 3 is 2.40 bits per heavy atom. The number of rotatable bonds is 5. The lowest BCUT2D eigenvalue weighted by molar-refractivity contribution is 0.318. The van der Waals surface area contributed by atoms with Crippen LogP contribution in [0.25, 0.3) is 0 Å². The van der Waals surface area contributed by atoms with Gasteiger partial charge in [-0.3, -0.25) is 0 Å².